The van der Waals surface area contributed by atoms with Crippen LogP contribution >= 0.6 is 0 Å². The van der Waals surface area contributed by atoms with Crippen LogP contribution in [0.1, 0.15) is 16.8 Å². The highest BCUT2D eigenvalue weighted by Gasteiger charge is 2.27. The first-order valence-corrected chi connectivity index (χ1v) is 8.56. The van der Waals surface area contributed by atoms with Crippen LogP contribution in [0.3, 0.4) is 0 Å². The fourth-order valence-corrected chi connectivity index (χ4v) is 3.56. The van der Waals surface area contributed by atoms with Crippen molar-refractivity contribution >= 4 is 28.3 Å². The number of anilines is 1. The molecule has 0 saturated carbocycles. The average Bonchev–Trinajstić information content (AvgIpc) is 3.40. The van der Waals surface area contributed by atoms with Crippen molar-refractivity contribution in [2.45, 2.75) is 12.5 Å². The molecule has 4 aromatic rings. The van der Waals surface area contributed by atoms with Gasteiger partial charge in [-0.25, -0.2) is 4.98 Å². The molecule has 0 radical (unpaired) electrons. The largest absolute Gasteiger partial charge is 0.360 e. The Balaban J connectivity index is 1.33. The van der Waals surface area contributed by atoms with Gasteiger partial charge in [0.1, 0.15) is 6.33 Å². The van der Waals surface area contributed by atoms with Crippen LogP contribution in [-0.2, 0) is 0 Å². The Morgan fingerprint density at radius 1 is 1.31 bits per heavy atom. The molecule has 1 saturated heterocycles. The molecular weight excluding hydrogens is 330 g/mol. The van der Waals surface area contributed by atoms with E-state index in [1.807, 2.05) is 34.9 Å². The summed E-state index contributed by atoms with van der Waals surface area (Å²) in [6.45, 7) is 1.52. The number of para-hydroxylation sites is 1. The Hall–Kier alpha value is -3.42. The van der Waals surface area contributed by atoms with E-state index in [1.54, 1.807) is 18.7 Å². The summed E-state index contributed by atoms with van der Waals surface area (Å²) in [6, 6.07) is 7.88. The maximum atomic E-state index is 12.7. The first-order chi connectivity index (χ1) is 12.8. The number of benzene rings is 1. The SMILES string of the molecule is O=C(N[C@@H]1CCN(c2nccn3cnnc23)C1)c1c[nH]c2ccccc12. The lowest BCUT2D eigenvalue weighted by Crippen LogP contribution is -2.37. The summed E-state index contributed by atoms with van der Waals surface area (Å²) >= 11 is 0. The highest BCUT2D eigenvalue weighted by molar-refractivity contribution is 6.06. The summed E-state index contributed by atoms with van der Waals surface area (Å²) in [5, 5.41) is 12.2. The van der Waals surface area contributed by atoms with E-state index in [4.69, 9.17) is 0 Å². The number of aromatic amines is 1. The third-order valence-corrected chi connectivity index (χ3v) is 4.85. The molecule has 4 heterocycles. The number of carbonyl (C=O) groups is 1. The molecule has 1 amide bonds. The zero-order valence-corrected chi connectivity index (χ0v) is 14.0. The van der Waals surface area contributed by atoms with E-state index >= 15 is 0 Å². The van der Waals surface area contributed by atoms with E-state index in [9.17, 15) is 4.79 Å². The molecular formula is C18H17N7O. The number of rotatable bonds is 3. The zero-order valence-electron chi connectivity index (χ0n) is 14.0. The quantitative estimate of drug-likeness (QED) is 0.588. The van der Waals surface area contributed by atoms with Crippen LogP contribution in [0.5, 0.6) is 0 Å². The number of nitrogens with zero attached hydrogens (tertiary/aromatic N) is 5. The van der Waals surface area contributed by atoms with Gasteiger partial charge in [-0.2, -0.15) is 0 Å². The van der Waals surface area contributed by atoms with Crippen LogP contribution in [0.15, 0.2) is 49.2 Å². The minimum Gasteiger partial charge on any atom is -0.360 e. The Bertz CT molecular complexity index is 1100. The maximum Gasteiger partial charge on any atom is 0.253 e. The van der Waals surface area contributed by atoms with E-state index in [2.05, 4.69) is 30.4 Å². The van der Waals surface area contributed by atoms with Crippen molar-refractivity contribution in [3.05, 3.63) is 54.7 Å². The van der Waals surface area contributed by atoms with Crippen molar-refractivity contribution in [3.8, 4) is 0 Å². The zero-order chi connectivity index (χ0) is 17.5. The maximum absolute atomic E-state index is 12.7. The van der Waals surface area contributed by atoms with Gasteiger partial charge in [-0.05, 0) is 12.5 Å². The summed E-state index contributed by atoms with van der Waals surface area (Å²) < 4.78 is 1.85. The van der Waals surface area contributed by atoms with Crippen molar-refractivity contribution in [2.24, 2.45) is 0 Å². The van der Waals surface area contributed by atoms with E-state index in [0.29, 0.717) is 12.1 Å². The first kappa shape index (κ1) is 14.9. The van der Waals surface area contributed by atoms with Gasteiger partial charge in [0.05, 0.1) is 5.56 Å². The Kier molecular flexibility index (Phi) is 3.34. The van der Waals surface area contributed by atoms with Crippen LogP contribution in [0, 0.1) is 0 Å². The predicted octanol–water partition coefficient (Wildman–Crippen LogP) is 1.61. The number of carbonyl (C=O) groups excluding carboxylic acids is 1. The van der Waals surface area contributed by atoms with Crippen LogP contribution in [-0.4, -0.2) is 49.6 Å². The van der Waals surface area contributed by atoms with Crippen LogP contribution in [0.2, 0.25) is 0 Å². The molecule has 0 bridgehead atoms. The highest BCUT2D eigenvalue weighted by Crippen LogP contribution is 2.22. The Labute approximate surface area is 148 Å². The molecule has 1 aliphatic heterocycles. The third kappa shape index (κ3) is 2.38. The van der Waals surface area contributed by atoms with Crippen molar-refractivity contribution in [1.82, 2.24) is 29.9 Å². The fourth-order valence-electron chi connectivity index (χ4n) is 3.56. The topological polar surface area (TPSA) is 91.2 Å². The number of hydrogen-bond acceptors (Lipinski definition) is 5. The minimum absolute atomic E-state index is 0.0528. The van der Waals surface area contributed by atoms with Crippen LogP contribution < -0.4 is 10.2 Å². The van der Waals surface area contributed by atoms with Gasteiger partial charge in [-0.15, -0.1) is 10.2 Å². The van der Waals surface area contributed by atoms with Gasteiger partial charge < -0.3 is 15.2 Å². The summed E-state index contributed by atoms with van der Waals surface area (Å²) in [5.74, 6) is 0.747. The lowest BCUT2D eigenvalue weighted by molar-refractivity contribution is 0.0942. The van der Waals surface area contributed by atoms with Gasteiger partial charge in [0.25, 0.3) is 5.91 Å². The number of fused-ring (bicyclic) bond motifs is 2. The first-order valence-electron chi connectivity index (χ1n) is 8.56. The van der Waals surface area contributed by atoms with Crippen LogP contribution in [0.25, 0.3) is 16.6 Å². The smallest absolute Gasteiger partial charge is 0.253 e. The van der Waals surface area contributed by atoms with Crippen molar-refractivity contribution < 1.29 is 4.79 Å². The lowest BCUT2D eigenvalue weighted by atomic mass is 10.1. The molecule has 1 aromatic carbocycles. The average molecular weight is 347 g/mol. The minimum atomic E-state index is -0.0528. The lowest BCUT2D eigenvalue weighted by Gasteiger charge is -2.18. The van der Waals surface area contributed by atoms with Crippen molar-refractivity contribution in [2.75, 3.05) is 18.0 Å². The second kappa shape index (κ2) is 5.83. The molecule has 26 heavy (non-hydrogen) atoms. The molecule has 8 heteroatoms. The van der Waals surface area contributed by atoms with E-state index < -0.39 is 0 Å². The van der Waals surface area contributed by atoms with Gasteiger partial charge in [0.15, 0.2) is 5.82 Å². The molecule has 2 N–H and O–H groups in total. The normalized spacial score (nSPS) is 17.2. The molecule has 3 aromatic heterocycles. The van der Waals surface area contributed by atoms with Gasteiger partial charge in [-0.3, -0.25) is 9.20 Å². The Morgan fingerprint density at radius 2 is 2.23 bits per heavy atom. The molecule has 5 rings (SSSR count). The molecule has 0 spiro atoms. The molecule has 1 atom stereocenters. The summed E-state index contributed by atoms with van der Waals surface area (Å²) in [7, 11) is 0. The number of hydrogen-bond donors (Lipinski definition) is 2. The standard InChI is InChI=1S/C18H17N7O/c26-18(14-9-20-15-4-2-1-3-13(14)15)22-12-5-7-24(10-12)16-17-23-21-11-25(17)8-6-19-16/h1-4,6,8-9,11-12,20H,5,7,10H2,(H,22,26)/t12-/m1/s1. The molecule has 1 fully saturated rings. The van der Waals surface area contributed by atoms with E-state index in [1.165, 1.54) is 0 Å². The van der Waals surface area contributed by atoms with Crippen molar-refractivity contribution in [1.29, 1.82) is 0 Å². The monoisotopic (exact) mass is 347 g/mol. The second-order valence-electron chi connectivity index (χ2n) is 6.47. The van der Waals surface area contributed by atoms with E-state index in [-0.39, 0.29) is 11.9 Å². The van der Waals surface area contributed by atoms with Crippen molar-refractivity contribution in [3.63, 3.8) is 0 Å². The molecule has 130 valence electrons. The number of amides is 1. The van der Waals surface area contributed by atoms with E-state index in [0.717, 1.165) is 35.3 Å². The molecule has 0 aliphatic carbocycles. The molecule has 8 nitrogen and oxygen atoms in total. The number of nitrogens with one attached hydrogen (secondary N) is 2. The summed E-state index contributed by atoms with van der Waals surface area (Å²) in [6.07, 6.45) is 7.86. The molecule has 1 aliphatic rings. The highest BCUT2D eigenvalue weighted by atomic mass is 16.1. The van der Waals surface area contributed by atoms with Gasteiger partial charge in [-0.1, -0.05) is 18.2 Å². The second-order valence-corrected chi connectivity index (χ2v) is 6.47. The number of H-pyrrole nitrogens is 1. The van der Waals surface area contributed by atoms with Crippen LogP contribution in [0.4, 0.5) is 5.82 Å². The van der Waals surface area contributed by atoms with Gasteiger partial charge >= 0.3 is 0 Å². The summed E-state index contributed by atoms with van der Waals surface area (Å²) in [5.41, 5.74) is 2.38. The predicted molar refractivity (Wildman–Crippen MR) is 97.2 cm³/mol. The molecule has 0 unspecified atom stereocenters. The summed E-state index contributed by atoms with van der Waals surface area (Å²) in [4.78, 5) is 22.4. The Morgan fingerprint density at radius 3 is 3.19 bits per heavy atom. The third-order valence-electron chi connectivity index (χ3n) is 4.85. The fraction of sp³-hybridized carbons (Fsp3) is 0.222. The number of aromatic nitrogens is 5. The van der Waals surface area contributed by atoms with Gasteiger partial charge in [0, 0.05) is 48.6 Å². The van der Waals surface area contributed by atoms with Gasteiger partial charge in [0.2, 0.25) is 5.65 Å².